The molecule has 0 saturated heterocycles. The first kappa shape index (κ1) is 16.2. The molecule has 0 aliphatic heterocycles. The third kappa shape index (κ3) is 3.63. The Morgan fingerprint density at radius 1 is 1.08 bits per heavy atom. The van der Waals surface area contributed by atoms with E-state index in [1.807, 2.05) is 56.3 Å². The zero-order valence-corrected chi connectivity index (χ0v) is 14.4. The molecule has 0 spiro atoms. The number of benzene rings is 2. The lowest BCUT2D eigenvalue weighted by Gasteiger charge is -2.05. The summed E-state index contributed by atoms with van der Waals surface area (Å²) < 4.78 is 5.35. The monoisotopic (exact) mass is 340 g/mol. The van der Waals surface area contributed by atoms with Gasteiger partial charge in [-0.1, -0.05) is 16.8 Å². The fraction of sp³-hybridized carbons (Fsp3) is 0.167. The van der Waals surface area contributed by atoms with Gasteiger partial charge in [0.15, 0.2) is 0 Å². The zero-order valence-electron chi connectivity index (χ0n) is 13.7. The van der Waals surface area contributed by atoms with Crippen LogP contribution in [0.3, 0.4) is 0 Å². The maximum Gasteiger partial charge on any atom is 0.258 e. The predicted molar refractivity (Wildman–Crippen MR) is 96.8 cm³/mol. The largest absolute Gasteiger partial charge is 0.369 e. The van der Waals surface area contributed by atoms with Gasteiger partial charge in [-0.3, -0.25) is 0 Å². The van der Waals surface area contributed by atoms with Crippen LogP contribution >= 0.6 is 11.6 Å². The molecule has 0 saturated carbocycles. The van der Waals surface area contributed by atoms with E-state index in [2.05, 4.69) is 15.1 Å². The topological polar surface area (TPSA) is 54.5 Å². The number of aromatic nitrogens is 2. The normalized spacial score (nSPS) is 11.2. The van der Waals surface area contributed by atoms with E-state index < -0.39 is 0 Å². The van der Waals surface area contributed by atoms with Crippen molar-refractivity contribution in [3.05, 3.63) is 53.1 Å². The van der Waals surface area contributed by atoms with Crippen LogP contribution in [0, 0.1) is 6.92 Å². The first-order valence-corrected chi connectivity index (χ1v) is 7.82. The fourth-order valence-corrected chi connectivity index (χ4v) is 2.29. The van der Waals surface area contributed by atoms with E-state index in [4.69, 9.17) is 16.1 Å². The van der Waals surface area contributed by atoms with E-state index in [-0.39, 0.29) is 0 Å². The van der Waals surface area contributed by atoms with Crippen molar-refractivity contribution in [2.75, 3.05) is 14.1 Å². The van der Waals surface area contributed by atoms with E-state index in [9.17, 15) is 0 Å². The average Bonchev–Trinajstić information content (AvgIpc) is 3.04. The van der Waals surface area contributed by atoms with Crippen molar-refractivity contribution in [1.82, 2.24) is 15.0 Å². The number of aryl methyl sites for hydroxylation is 1. The molecule has 0 aliphatic carbocycles. The Morgan fingerprint density at radius 3 is 2.46 bits per heavy atom. The highest BCUT2D eigenvalue weighted by molar-refractivity contribution is 6.30. The highest BCUT2D eigenvalue weighted by atomic mass is 35.5. The fourth-order valence-electron chi connectivity index (χ4n) is 2.17. The van der Waals surface area contributed by atoms with E-state index in [0.717, 1.165) is 22.4 Å². The van der Waals surface area contributed by atoms with Gasteiger partial charge in [0.25, 0.3) is 5.89 Å². The van der Waals surface area contributed by atoms with Crippen LogP contribution in [0.5, 0.6) is 0 Å². The number of halogens is 1. The van der Waals surface area contributed by atoms with Gasteiger partial charge in [-0.05, 0) is 55.0 Å². The smallest absolute Gasteiger partial charge is 0.258 e. The van der Waals surface area contributed by atoms with Gasteiger partial charge >= 0.3 is 0 Å². The van der Waals surface area contributed by atoms with Crippen molar-refractivity contribution in [1.29, 1.82) is 0 Å². The lowest BCUT2D eigenvalue weighted by Crippen LogP contribution is -2.07. The molecule has 0 atom stereocenters. The van der Waals surface area contributed by atoms with E-state index in [1.54, 1.807) is 18.5 Å². The first-order valence-electron chi connectivity index (χ1n) is 7.44. The molecular weight excluding hydrogens is 324 g/mol. The summed E-state index contributed by atoms with van der Waals surface area (Å²) in [4.78, 5) is 10.8. The minimum atomic E-state index is 0.467. The van der Waals surface area contributed by atoms with Crippen molar-refractivity contribution < 1.29 is 4.52 Å². The Morgan fingerprint density at radius 2 is 1.79 bits per heavy atom. The molecule has 0 bridgehead atoms. The second-order valence-corrected chi connectivity index (χ2v) is 6.08. The van der Waals surface area contributed by atoms with Crippen LogP contribution in [0.4, 0.5) is 5.69 Å². The number of rotatable bonds is 4. The van der Waals surface area contributed by atoms with Crippen molar-refractivity contribution >= 4 is 23.6 Å². The average molecular weight is 341 g/mol. The second kappa shape index (κ2) is 6.84. The number of nitrogens with zero attached hydrogens (tertiary/aromatic N) is 4. The zero-order chi connectivity index (χ0) is 17.1. The molecule has 0 fully saturated rings. The summed E-state index contributed by atoms with van der Waals surface area (Å²) in [5.74, 6) is 1.01. The summed E-state index contributed by atoms with van der Waals surface area (Å²) in [6.45, 7) is 2.01. The van der Waals surface area contributed by atoms with Crippen molar-refractivity contribution in [2.45, 2.75) is 6.92 Å². The van der Waals surface area contributed by atoms with Gasteiger partial charge in [-0.2, -0.15) is 4.98 Å². The van der Waals surface area contributed by atoms with Crippen LogP contribution in [0.2, 0.25) is 5.02 Å². The molecule has 122 valence electrons. The van der Waals surface area contributed by atoms with Crippen LogP contribution in [-0.4, -0.2) is 35.5 Å². The Labute approximate surface area is 145 Å². The second-order valence-electron chi connectivity index (χ2n) is 5.64. The summed E-state index contributed by atoms with van der Waals surface area (Å²) in [6, 6.07) is 13.2. The summed E-state index contributed by atoms with van der Waals surface area (Å²) >= 11 is 5.90. The molecule has 1 heterocycles. The molecule has 0 aliphatic rings. The number of hydrogen-bond donors (Lipinski definition) is 0. The highest BCUT2D eigenvalue weighted by Crippen LogP contribution is 2.27. The van der Waals surface area contributed by atoms with E-state index >= 15 is 0 Å². The lowest BCUT2D eigenvalue weighted by atomic mass is 10.1. The van der Waals surface area contributed by atoms with Gasteiger partial charge in [0.2, 0.25) is 5.82 Å². The highest BCUT2D eigenvalue weighted by Gasteiger charge is 2.11. The summed E-state index contributed by atoms with van der Waals surface area (Å²) in [6.07, 6.45) is 1.77. The Hall–Kier alpha value is -2.66. The van der Waals surface area contributed by atoms with Crippen LogP contribution in [0.15, 0.2) is 52.0 Å². The number of hydrogen-bond acceptors (Lipinski definition) is 4. The molecule has 2 aromatic carbocycles. The standard InChI is InChI=1S/C18H17ClN4O/c1-12-10-14(6-9-16(12)20-11-23(2)3)17-21-18(24-22-17)13-4-7-15(19)8-5-13/h4-11H,1-3H3/b20-11+. The third-order valence-corrected chi connectivity index (χ3v) is 3.65. The SMILES string of the molecule is Cc1cc(-c2noc(-c3ccc(Cl)cc3)n2)ccc1/N=C/N(C)C. The molecule has 24 heavy (non-hydrogen) atoms. The molecule has 0 amide bonds. The summed E-state index contributed by atoms with van der Waals surface area (Å²) in [5, 5.41) is 4.73. The molecule has 0 unspecified atom stereocenters. The molecule has 3 rings (SSSR count). The minimum Gasteiger partial charge on any atom is -0.369 e. The van der Waals surface area contributed by atoms with Crippen molar-refractivity contribution in [2.24, 2.45) is 4.99 Å². The first-order chi connectivity index (χ1) is 11.5. The lowest BCUT2D eigenvalue weighted by molar-refractivity contribution is 0.432. The summed E-state index contributed by atoms with van der Waals surface area (Å²) in [5.41, 5.74) is 3.68. The Kier molecular flexibility index (Phi) is 4.62. The van der Waals surface area contributed by atoms with Gasteiger partial charge in [-0.25, -0.2) is 4.99 Å². The van der Waals surface area contributed by atoms with Gasteiger partial charge in [-0.15, -0.1) is 0 Å². The van der Waals surface area contributed by atoms with Crippen LogP contribution < -0.4 is 0 Å². The Bertz CT molecular complexity index is 869. The molecule has 6 heteroatoms. The molecule has 0 radical (unpaired) electrons. The number of aliphatic imine (C=N–C) groups is 1. The Balaban J connectivity index is 1.87. The van der Waals surface area contributed by atoms with Crippen LogP contribution in [-0.2, 0) is 0 Å². The maximum atomic E-state index is 5.90. The van der Waals surface area contributed by atoms with Crippen molar-refractivity contribution in [3.63, 3.8) is 0 Å². The van der Waals surface area contributed by atoms with E-state index in [0.29, 0.717) is 16.7 Å². The van der Waals surface area contributed by atoms with Crippen LogP contribution in [0.1, 0.15) is 5.56 Å². The minimum absolute atomic E-state index is 0.467. The van der Waals surface area contributed by atoms with E-state index in [1.165, 1.54) is 0 Å². The predicted octanol–water partition coefficient (Wildman–Crippen LogP) is 4.59. The maximum absolute atomic E-state index is 5.90. The van der Waals surface area contributed by atoms with Gasteiger partial charge in [0.1, 0.15) is 0 Å². The quantitative estimate of drug-likeness (QED) is 0.515. The summed E-state index contributed by atoms with van der Waals surface area (Å²) in [7, 11) is 3.87. The molecular formula is C18H17ClN4O. The third-order valence-electron chi connectivity index (χ3n) is 3.40. The molecule has 1 aromatic heterocycles. The van der Waals surface area contributed by atoms with Gasteiger partial charge in [0.05, 0.1) is 12.0 Å². The van der Waals surface area contributed by atoms with Crippen molar-refractivity contribution in [3.8, 4) is 22.8 Å². The molecule has 3 aromatic rings. The van der Waals surface area contributed by atoms with Gasteiger partial charge in [0, 0.05) is 30.2 Å². The molecule has 0 N–H and O–H groups in total. The van der Waals surface area contributed by atoms with Crippen LogP contribution in [0.25, 0.3) is 22.8 Å². The van der Waals surface area contributed by atoms with Gasteiger partial charge < -0.3 is 9.42 Å². The molecule has 5 nitrogen and oxygen atoms in total.